The maximum Gasteiger partial charge on any atom is 0.323 e. The number of hydrogen-bond acceptors (Lipinski definition) is 3. The second-order valence-corrected chi connectivity index (χ2v) is 7.27. The Bertz CT molecular complexity index is 595. The summed E-state index contributed by atoms with van der Waals surface area (Å²) in [6.45, 7) is 7.46. The van der Waals surface area contributed by atoms with Crippen molar-refractivity contribution in [1.29, 1.82) is 5.26 Å². The summed E-state index contributed by atoms with van der Waals surface area (Å²) in [4.78, 5) is 14.0. The van der Waals surface area contributed by atoms with Crippen molar-refractivity contribution >= 4 is 5.97 Å². The van der Waals surface area contributed by atoms with Crippen molar-refractivity contribution in [3.63, 3.8) is 0 Å². The summed E-state index contributed by atoms with van der Waals surface area (Å²) < 4.78 is 5.25. The van der Waals surface area contributed by atoms with Gasteiger partial charge in [-0.2, -0.15) is 5.26 Å². The van der Waals surface area contributed by atoms with Crippen molar-refractivity contribution < 1.29 is 14.4 Å². The molecule has 5 atom stereocenters. The van der Waals surface area contributed by atoms with E-state index in [4.69, 9.17) is 4.74 Å². The predicted octanol–water partition coefficient (Wildman–Crippen LogP) is 1.86. The summed E-state index contributed by atoms with van der Waals surface area (Å²) in [5, 5.41) is 9.83. The fraction of sp³-hybridized carbons (Fsp3) is 0.600. The number of carbonyl (C=O) groups excluding carboxylic acids is 1. The highest BCUT2D eigenvalue weighted by atomic mass is 16.5. The van der Waals surface area contributed by atoms with E-state index in [1.54, 1.807) is 6.92 Å². The molecule has 1 fully saturated rings. The second-order valence-electron chi connectivity index (χ2n) is 7.27. The Labute approximate surface area is 145 Å². The molecule has 4 heteroatoms. The Hall–Kier alpha value is -1.86. The summed E-state index contributed by atoms with van der Waals surface area (Å²) in [5.41, 5.74) is 0.807. The molecule has 1 aliphatic rings. The average Bonchev–Trinajstić information content (AvgIpc) is 2.55. The first-order valence-electron chi connectivity index (χ1n) is 8.87. The standard InChI is InChI=1S/C20H28N2O2/c1-5-24-19(23)18(13-21)20(12-17-9-7-6-8-10-17)11-16(3)22(4)14-15(20)2/h6-10,15-16,18H,5,11-12,14H2,1-4H3/p+1/t15-,16-,18+,20+/m0/s1. The van der Waals surface area contributed by atoms with E-state index >= 15 is 0 Å². The smallest absolute Gasteiger partial charge is 0.323 e. The number of likely N-dealkylation sites (tertiary alicyclic amines) is 1. The Kier molecular flexibility index (Phi) is 6.01. The number of carbonyl (C=O) groups is 1. The topological polar surface area (TPSA) is 54.5 Å². The van der Waals surface area contributed by atoms with Gasteiger partial charge in [0.2, 0.25) is 0 Å². The Morgan fingerprint density at radius 1 is 1.42 bits per heavy atom. The van der Waals surface area contributed by atoms with Gasteiger partial charge in [-0.05, 0) is 25.8 Å². The van der Waals surface area contributed by atoms with Gasteiger partial charge in [-0.3, -0.25) is 4.79 Å². The van der Waals surface area contributed by atoms with Crippen LogP contribution in [0.3, 0.4) is 0 Å². The lowest BCUT2D eigenvalue weighted by Gasteiger charge is -2.48. The molecule has 0 aromatic heterocycles. The van der Waals surface area contributed by atoms with Gasteiger partial charge in [0, 0.05) is 17.8 Å². The lowest BCUT2D eigenvalue weighted by atomic mass is 9.59. The number of esters is 1. The normalized spacial score (nSPS) is 31.0. The van der Waals surface area contributed by atoms with E-state index in [2.05, 4.69) is 39.1 Å². The van der Waals surface area contributed by atoms with Gasteiger partial charge in [-0.1, -0.05) is 37.3 Å². The fourth-order valence-corrected chi connectivity index (χ4v) is 4.20. The first kappa shape index (κ1) is 18.5. The quantitative estimate of drug-likeness (QED) is 0.839. The minimum atomic E-state index is -0.719. The molecule has 4 nitrogen and oxygen atoms in total. The Balaban J connectivity index is 2.44. The molecule has 1 N–H and O–H groups in total. The molecule has 1 heterocycles. The van der Waals surface area contributed by atoms with Crippen molar-refractivity contribution in [3.8, 4) is 6.07 Å². The first-order chi connectivity index (χ1) is 11.4. The van der Waals surface area contributed by atoms with Crippen LogP contribution < -0.4 is 4.90 Å². The molecule has 0 amide bonds. The molecule has 2 rings (SSSR count). The van der Waals surface area contributed by atoms with E-state index in [-0.39, 0.29) is 17.3 Å². The lowest BCUT2D eigenvalue weighted by Crippen LogP contribution is -3.15. The van der Waals surface area contributed by atoms with Crippen LogP contribution in [0.5, 0.6) is 0 Å². The monoisotopic (exact) mass is 329 g/mol. The zero-order chi connectivity index (χ0) is 17.7. The number of quaternary nitrogens is 1. The number of piperidine rings is 1. The SMILES string of the molecule is CCOC(=O)[C@@H](C#N)[C@@]1(Cc2ccccc2)C[C@H](C)[NH+](C)C[C@@H]1C. The van der Waals surface area contributed by atoms with E-state index in [1.807, 2.05) is 18.2 Å². The van der Waals surface area contributed by atoms with Gasteiger partial charge in [0.1, 0.15) is 0 Å². The molecule has 24 heavy (non-hydrogen) atoms. The molecule has 0 radical (unpaired) electrons. The van der Waals surface area contributed by atoms with Crippen LogP contribution >= 0.6 is 0 Å². The maximum absolute atomic E-state index is 12.6. The van der Waals surface area contributed by atoms with Gasteiger partial charge >= 0.3 is 5.97 Å². The first-order valence-corrected chi connectivity index (χ1v) is 8.87. The van der Waals surface area contributed by atoms with Crippen molar-refractivity contribution in [2.75, 3.05) is 20.2 Å². The van der Waals surface area contributed by atoms with Crippen molar-refractivity contribution in [2.24, 2.45) is 17.3 Å². The van der Waals surface area contributed by atoms with E-state index in [1.165, 1.54) is 10.5 Å². The maximum atomic E-state index is 12.6. The highest BCUT2D eigenvalue weighted by Gasteiger charge is 2.53. The molecule has 1 aliphatic heterocycles. The lowest BCUT2D eigenvalue weighted by molar-refractivity contribution is -0.916. The summed E-state index contributed by atoms with van der Waals surface area (Å²) >= 11 is 0. The number of rotatable bonds is 5. The third-order valence-corrected chi connectivity index (χ3v) is 5.74. The number of nitrogens with zero attached hydrogens (tertiary/aromatic N) is 1. The third kappa shape index (κ3) is 3.62. The molecule has 0 aliphatic carbocycles. The van der Waals surface area contributed by atoms with Crippen LogP contribution in [0.2, 0.25) is 0 Å². The van der Waals surface area contributed by atoms with Crippen LogP contribution in [0.15, 0.2) is 30.3 Å². The largest absolute Gasteiger partial charge is 0.465 e. The third-order valence-electron chi connectivity index (χ3n) is 5.74. The molecule has 0 saturated carbocycles. The average molecular weight is 329 g/mol. The molecule has 130 valence electrons. The van der Waals surface area contributed by atoms with E-state index in [9.17, 15) is 10.1 Å². The summed E-state index contributed by atoms with van der Waals surface area (Å²) in [7, 11) is 2.19. The number of nitrogens with one attached hydrogen (secondary N) is 1. The van der Waals surface area contributed by atoms with Gasteiger partial charge in [-0.25, -0.2) is 0 Å². The van der Waals surface area contributed by atoms with Gasteiger partial charge in [-0.15, -0.1) is 0 Å². The van der Waals surface area contributed by atoms with E-state index in [0.29, 0.717) is 12.6 Å². The van der Waals surface area contributed by atoms with Crippen molar-refractivity contribution in [1.82, 2.24) is 0 Å². The molecule has 1 unspecified atom stereocenters. The van der Waals surface area contributed by atoms with Gasteiger partial charge in [0.15, 0.2) is 5.92 Å². The number of benzene rings is 1. The van der Waals surface area contributed by atoms with E-state index < -0.39 is 5.92 Å². The van der Waals surface area contributed by atoms with Crippen LogP contribution in [0.4, 0.5) is 0 Å². The van der Waals surface area contributed by atoms with Gasteiger partial charge in [0.05, 0.1) is 32.3 Å². The second kappa shape index (κ2) is 7.81. The Morgan fingerprint density at radius 2 is 2.08 bits per heavy atom. The predicted molar refractivity (Wildman–Crippen MR) is 93.3 cm³/mol. The van der Waals surface area contributed by atoms with Crippen molar-refractivity contribution in [2.45, 2.75) is 39.7 Å². The summed E-state index contributed by atoms with van der Waals surface area (Å²) in [5.74, 6) is -0.819. The number of nitriles is 1. The minimum Gasteiger partial charge on any atom is -0.465 e. The van der Waals surface area contributed by atoms with Crippen molar-refractivity contribution in [3.05, 3.63) is 35.9 Å². The Morgan fingerprint density at radius 3 is 2.67 bits per heavy atom. The molecule has 1 aromatic carbocycles. The van der Waals surface area contributed by atoms with Gasteiger partial charge < -0.3 is 9.64 Å². The van der Waals surface area contributed by atoms with Crippen LogP contribution in [0.1, 0.15) is 32.8 Å². The summed E-state index contributed by atoms with van der Waals surface area (Å²) in [6.07, 6.45) is 1.59. The molecule has 0 bridgehead atoms. The molecular weight excluding hydrogens is 300 g/mol. The highest BCUT2D eigenvalue weighted by Crippen LogP contribution is 2.45. The fourth-order valence-electron chi connectivity index (χ4n) is 4.20. The van der Waals surface area contributed by atoms with Crippen LogP contribution in [-0.2, 0) is 16.0 Å². The zero-order valence-electron chi connectivity index (χ0n) is 15.2. The molecular formula is C20H29N2O2+. The van der Waals surface area contributed by atoms with E-state index in [0.717, 1.165) is 19.4 Å². The van der Waals surface area contributed by atoms with Gasteiger partial charge in [0.25, 0.3) is 0 Å². The molecule has 1 saturated heterocycles. The number of hydrogen-bond donors (Lipinski definition) is 1. The number of ether oxygens (including phenoxy) is 1. The minimum absolute atomic E-state index is 0.267. The molecule has 1 aromatic rings. The highest BCUT2D eigenvalue weighted by molar-refractivity contribution is 5.76. The van der Waals surface area contributed by atoms with Crippen LogP contribution in [0, 0.1) is 28.6 Å². The summed E-state index contributed by atoms with van der Waals surface area (Å²) in [6, 6.07) is 12.9. The van der Waals surface area contributed by atoms with Crippen LogP contribution in [0.25, 0.3) is 0 Å². The van der Waals surface area contributed by atoms with Crippen LogP contribution in [-0.4, -0.2) is 32.2 Å². The zero-order valence-corrected chi connectivity index (χ0v) is 15.2. The molecule has 0 spiro atoms.